The number of nitrogens with one attached hydrogen (secondary N) is 1. The van der Waals surface area contributed by atoms with E-state index in [9.17, 15) is 4.79 Å². The molecule has 2 aromatic heterocycles. The third kappa shape index (κ3) is 6.03. The molecular formula is C21H30Cl2N6O. The van der Waals surface area contributed by atoms with Crippen LogP contribution in [0, 0.1) is 0 Å². The van der Waals surface area contributed by atoms with Gasteiger partial charge in [0.15, 0.2) is 11.5 Å². The fraction of sp³-hybridized carbons (Fsp3) is 0.524. The van der Waals surface area contributed by atoms with E-state index >= 15 is 0 Å². The van der Waals surface area contributed by atoms with Crippen molar-refractivity contribution >= 4 is 36.5 Å². The van der Waals surface area contributed by atoms with Crippen LogP contribution in [0.15, 0.2) is 36.5 Å². The Morgan fingerprint density at radius 3 is 2.57 bits per heavy atom. The fourth-order valence-corrected chi connectivity index (χ4v) is 4.05. The fourth-order valence-electron chi connectivity index (χ4n) is 4.05. The summed E-state index contributed by atoms with van der Waals surface area (Å²) in [7, 11) is 0. The normalized spacial score (nSPS) is 18.7. The third-order valence-corrected chi connectivity index (χ3v) is 5.61. The van der Waals surface area contributed by atoms with Crippen LogP contribution in [0.4, 0.5) is 5.82 Å². The van der Waals surface area contributed by atoms with Gasteiger partial charge in [0.2, 0.25) is 0 Å². The number of carbonyl (C=O) groups excluding carboxylic acids is 1. The van der Waals surface area contributed by atoms with Crippen molar-refractivity contribution in [3.05, 3.63) is 47.9 Å². The van der Waals surface area contributed by atoms with E-state index in [0.29, 0.717) is 12.2 Å². The van der Waals surface area contributed by atoms with Crippen molar-refractivity contribution in [3.8, 4) is 0 Å². The molecular weight excluding hydrogens is 423 g/mol. The highest BCUT2D eigenvalue weighted by molar-refractivity contribution is 5.92. The average Bonchev–Trinajstić information content (AvgIpc) is 3.15. The van der Waals surface area contributed by atoms with E-state index in [4.69, 9.17) is 0 Å². The number of hydrogen-bond acceptors (Lipinski definition) is 6. The van der Waals surface area contributed by atoms with Crippen molar-refractivity contribution in [2.24, 2.45) is 0 Å². The maximum Gasteiger partial charge on any atom is 0.274 e. The van der Waals surface area contributed by atoms with Crippen molar-refractivity contribution in [2.45, 2.75) is 44.7 Å². The topological polar surface area (TPSA) is 74.2 Å². The Morgan fingerprint density at radius 1 is 1.03 bits per heavy atom. The lowest BCUT2D eigenvalue weighted by Crippen LogP contribution is -2.41. The standard InChI is InChI=1S/C21H28N6O.2ClH/c28-21(19-8-9-20(25-24-19)26-14-3-4-15-26)27(16-17-6-1-2-12-23-17)18-7-5-11-22-13-10-18;;/h1-2,6,8-9,12,18,22H,3-5,7,10-11,13-16H2;2*1H. The monoisotopic (exact) mass is 452 g/mol. The SMILES string of the molecule is Cl.Cl.O=C(c1ccc(N2CCCC2)nn1)N(Cc1ccccn1)C1CCCNCC1. The van der Waals surface area contributed by atoms with Gasteiger partial charge in [0.05, 0.1) is 12.2 Å². The van der Waals surface area contributed by atoms with Gasteiger partial charge in [-0.15, -0.1) is 35.0 Å². The molecule has 164 valence electrons. The van der Waals surface area contributed by atoms with Crippen LogP contribution in [-0.2, 0) is 6.54 Å². The van der Waals surface area contributed by atoms with Gasteiger partial charge in [0.25, 0.3) is 5.91 Å². The van der Waals surface area contributed by atoms with E-state index in [1.54, 1.807) is 6.20 Å². The Morgan fingerprint density at radius 2 is 1.87 bits per heavy atom. The number of amides is 1. The molecule has 0 spiro atoms. The number of halogens is 2. The summed E-state index contributed by atoms with van der Waals surface area (Å²) in [5.41, 5.74) is 1.31. The highest BCUT2D eigenvalue weighted by Gasteiger charge is 2.27. The molecule has 1 amide bonds. The van der Waals surface area contributed by atoms with Crippen molar-refractivity contribution in [3.63, 3.8) is 0 Å². The van der Waals surface area contributed by atoms with Gasteiger partial charge in [-0.2, -0.15) is 0 Å². The smallest absolute Gasteiger partial charge is 0.274 e. The number of rotatable bonds is 5. The van der Waals surface area contributed by atoms with Gasteiger partial charge in [0.1, 0.15) is 0 Å². The minimum Gasteiger partial charge on any atom is -0.355 e. The van der Waals surface area contributed by atoms with Gasteiger partial charge >= 0.3 is 0 Å². The summed E-state index contributed by atoms with van der Waals surface area (Å²) >= 11 is 0. The largest absolute Gasteiger partial charge is 0.355 e. The van der Waals surface area contributed by atoms with Crippen molar-refractivity contribution < 1.29 is 4.79 Å². The van der Waals surface area contributed by atoms with E-state index in [-0.39, 0.29) is 36.8 Å². The third-order valence-electron chi connectivity index (χ3n) is 5.61. The molecule has 0 radical (unpaired) electrons. The van der Waals surface area contributed by atoms with E-state index in [1.165, 1.54) is 12.8 Å². The Labute approximate surface area is 190 Å². The number of aromatic nitrogens is 3. The molecule has 1 atom stereocenters. The molecule has 2 aromatic rings. The summed E-state index contributed by atoms with van der Waals surface area (Å²) in [6.45, 7) is 4.47. The molecule has 7 nitrogen and oxygen atoms in total. The molecule has 0 aliphatic carbocycles. The molecule has 2 saturated heterocycles. The number of nitrogens with zero attached hydrogens (tertiary/aromatic N) is 5. The van der Waals surface area contributed by atoms with Gasteiger partial charge < -0.3 is 15.1 Å². The Hall–Kier alpha value is -1.96. The first-order valence-corrected chi connectivity index (χ1v) is 10.3. The van der Waals surface area contributed by atoms with Crippen LogP contribution in [0.3, 0.4) is 0 Å². The lowest BCUT2D eigenvalue weighted by atomic mass is 10.1. The molecule has 1 N–H and O–H groups in total. The van der Waals surface area contributed by atoms with Crippen LogP contribution in [0.1, 0.15) is 48.3 Å². The van der Waals surface area contributed by atoms with Gasteiger partial charge in [-0.25, -0.2) is 0 Å². The number of carbonyl (C=O) groups is 1. The maximum absolute atomic E-state index is 13.4. The summed E-state index contributed by atoms with van der Waals surface area (Å²) in [6, 6.07) is 9.77. The van der Waals surface area contributed by atoms with Crippen LogP contribution in [0.2, 0.25) is 0 Å². The highest BCUT2D eigenvalue weighted by Crippen LogP contribution is 2.20. The van der Waals surface area contributed by atoms with Crippen LogP contribution < -0.4 is 10.2 Å². The summed E-state index contributed by atoms with van der Waals surface area (Å²) in [4.78, 5) is 21.9. The van der Waals surface area contributed by atoms with Gasteiger partial charge in [-0.3, -0.25) is 9.78 Å². The predicted molar refractivity (Wildman–Crippen MR) is 123 cm³/mol. The van der Waals surface area contributed by atoms with Crippen LogP contribution in [0.5, 0.6) is 0 Å². The molecule has 9 heteroatoms. The van der Waals surface area contributed by atoms with Crippen LogP contribution in [-0.4, -0.2) is 58.2 Å². The molecule has 4 heterocycles. The molecule has 1 unspecified atom stereocenters. The molecule has 30 heavy (non-hydrogen) atoms. The second kappa shape index (κ2) is 12.0. The zero-order valence-electron chi connectivity index (χ0n) is 17.1. The summed E-state index contributed by atoms with van der Waals surface area (Å²) in [5.74, 6) is 0.807. The first-order valence-electron chi connectivity index (χ1n) is 10.3. The lowest BCUT2D eigenvalue weighted by Gasteiger charge is -2.30. The minimum atomic E-state index is -0.0574. The molecule has 0 saturated carbocycles. The Balaban J connectivity index is 0.00000160. The molecule has 0 bridgehead atoms. The Kier molecular flexibility index (Phi) is 9.75. The quantitative estimate of drug-likeness (QED) is 0.750. The summed E-state index contributed by atoms with van der Waals surface area (Å²) in [6.07, 6.45) is 7.15. The molecule has 2 fully saturated rings. The summed E-state index contributed by atoms with van der Waals surface area (Å²) in [5, 5.41) is 12.0. The maximum atomic E-state index is 13.4. The van der Waals surface area contributed by atoms with E-state index in [2.05, 4.69) is 25.4 Å². The molecule has 4 rings (SSSR count). The van der Waals surface area contributed by atoms with Crippen molar-refractivity contribution in [2.75, 3.05) is 31.1 Å². The highest BCUT2D eigenvalue weighted by atomic mass is 35.5. The van der Waals surface area contributed by atoms with E-state index in [1.807, 2.05) is 35.2 Å². The van der Waals surface area contributed by atoms with Crippen molar-refractivity contribution in [1.29, 1.82) is 0 Å². The zero-order chi connectivity index (χ0) is 19.2. The first kappa shape index (κ1) is 24.3. The number of pyridine rings is 1. The second-order valence-electron chi connectivity index (χ2n) is 7.56. The van der Waals surface area contributed by atoms with Crippen molar-refractivity contribution in [1.82, 2.24) is 25.4 Å². The molecule has 0 aromatic carbocycles. The average molecular weight is 453 g/mol. The predicted octanol–water partition coefficient (Wildman–Crippen LogP) is 3.10. The van der Waals surface area contributed by atoms with E-state index < -0.39 is 0 Å². The number of anilines is 1. The van der Waals surface area contributed by atoms with Gasteiger partial charge in [-0.1, -0.05) is 6.07 Å². The Bertz CT molecular complexity index is 763. The van der Waals surface area contributed by atoms with Crippen LogP contribution >= 0.6 is 24.8 Å². The number of hydrogen-bond donors (Lipinski definition) is 1. The molecule has 2 aliphatic rings. The van der Waals surface area contributed by atoms with Gasteiger partial charge in [-0.05, 0) is 69.5 Å². The van der Waals surface area contributed by atoms with Gasteiger partial charge in [0, 0.05) is 25.3 Å². The molecule has 2 aliphatic heterocycles. The summed E-state index contributed by atoms with van der Waals surface area (Å²) < 4.78 is 0. The lowest BCUT2D eigenvalue weighted by molar-refractivity contribution is 0.0635. The van der Waals surface area contributed by atoms with Crippen LogP contribution in [0.25, 0.3) is 0 Å². The minimum absolute atomic E-state index is 0. The first-order chi connectivity index (χ1) is 13.8. The van der Waals surface area contributed by atoms with E-state index in [0.717, 1.165) is 57.0 Å². The zero-order valence-corrected chi connectivity index (χ0v) is 18.7. The second-order valence-corrected chi connectivity index (χ2v) is 7.56.